The molecule has 0 aromatic heterocycles. The van der Waals surface area contributed by atoms with Crippen LogP contribution in [0.5, 0.6) is 0 Å². The summed E-state index contributed by atoms with van der Waals surface area (Å²) in [4.78, 5) is 0. The van der Waals surface area contributed by atoms with E-state index in [9.17, 15) is 0 Å². The number of rotatable bonds is 5. The van der Waals surface area contributed by atoms with Crippen LogP contribution in [-0.2, 0) is 0 Å². The SMILES string of the molecule is C#CC(C)(C)C/C=C(\C)CCC=C(C)C. The van der Waals surface area contributed by atoms with Crippen molar-refractivity contribution in [3.63, 3.8) is 0 Å². The van der Waals surface area contributed by atoms with Crippen LogP contribution < -0.4 is 0 Å². The molecule has 0 unspecified atom stereocenters. The molecule has 0 N–H and O–H groups in total. The van der Waals surface area contributed by atoms with E-state index in [0.717, 1.165) is 19.3 Å². The van der Waals surface area contributed by atoms with E-state index >= 15 is 0 Å². The van der Waals surface area contributed by atoms with E-state index in [4.69, 9.17) is 6.42 Å². The van der Waals surface area contributed by atoms with Gasteiger partial charge in [0.25, 0.3) is 0 Å². The van der Waals surface area contributed by atoms with Crippen molar-refractivity contribution in [1.82, 2.24) is 0 Å². The van der Waals surface area contributed by atoms with Crippen LogP contribution in [0.2, 0.25) is 0 Å². The summed E-state index contributed by atoms with van der Waals surface area (Å²) in [5.74, 6) is 2.81. The third-order valence-corrected chi connectivity index (χ3v) is 2.44. The molecule has 0 radical (unpaired) electrons. The second-order valence-corrected chi connectivity index (χ2v) is 5.10. The molecule has 0 rings (SSSR count). The summed E-state index contributed by atoms with van der Waals surface area (Å²) in [6.07, 6.45) is 13.3. The van der Waals surface area contributed by atoms with Crippen LogP contribution in [0.25, 0.3) is 0 Å². The zero-order valence-electron chi connectivity index (χ0n) is 10.9. The van der Waals surface area contributed by atoms with Crippen LogP contribution in [0.4, 0.5) is 0 Å². The Morgan fingerprint density at radius 1 is 1.20 bits per heavy atom. The van der Waals surface area contributed by atoms with E-state index < -0.39 is 0 Å². The molecule has 0 heterocycles. The molecule has 84 valence electrons. The van der Waals surface area contributed by atoms with Crippen molar-refractivity contribution in [3.05, 3.63) is 23.3 Å². The van der Waals surface area contributed by atoms with Crippen molar-refractivity contribution in [2.45, 2.75) is 53.9 Å². The first-order chi connectivity index (χ1) is 6.87. The molecule has 0 nitrogen and oxygen atoms in total. The van der Waals surface area contributed by atoms with E-state index in [1.54, 1.807) is 0 Å². The quantitative estimate of drug-likeness (QED) is 0.448. The van der Waals surface area contributed by atoms with Gasteiger partial charge in [0.2, 0.25) is 0 Å². The second-order valence-electron chi connectivity index (χ2n) is 5.10. The highest BCUT2D eigenvalue weighted by atomic mass is 14.1. The number of hydrogen-bond acceptors (Lipinski definition) is 0. The van der Waals surface area contributed by atoms with E-state index in [2.05, 4.69) is 52.7 Å². The summed E-state index contributed by atoms with van der Waals surface area (Å²) in [5.41, 5.74) is 2.83. The molecule has 0 bridgehead atoms. The summed E-state index contributed by atoms with van der Waals surface area (Å²) < 4.78 is 0. The topological polar surface area (TPSA) is 0 Å². The van der Waals surface area contributed by atoms with Gasteiger partial charge in [0, 0.05) is 5.41 Å². The fourth-order valence-corrected chi connectivity index (χ4v) is 1.18. The standard InChI is InChI=1S/C15H24/c1-7-15(5,6)12-11-14(4)10-8-9-13(2)3/h1,9,11H,8,10,12H2,2-6H3/b14-11+. The first-order valence-electron chi connectivity index (χ1n) is 5.64. The Morgan fingerprint density at radius 3 is 2.27 bits per heavy atom. The Morgan fingerprint density at radius 2 is 1.80 bits per heavy atom. The average Bonchev–Trinajstić information content (AvgIpc) is 2.14. The Hall–Kier alpha value is -0.960. The molecule has 0 amide bonds. The van der Waals surface area contributed by atoms with Gasteiger partial charge in [0.15, 0.2) is 0 Å². The van der Waals surface area contributed by atoms with Gasteiger partial charge < -0.3 is 0 Å². The summed E-state index contributed by atoms with van der Waals surface area (Å²) >= 11 is 0. The van der Waals surface area contributed by atoms with Crippen LogP contribution in [0.1, 0.15) is 53.9 Å². The highest BCUT2D eigenvalue weighted by Gasteiger charge is 2.11. The molecule has 0 atom stereocenters. The lowest BCUT2D eigenvalue weighted by atomic mass is 9.89. The summed E-state index contributed by atoms with van der Waals surface area (Å²) in [5, 5.41) is 0. The first-order valence-corrected chi connectivity index (χ1v) is 5.64. The number of allylic oxidation sites excluding steroid dienone is 4. The van der Waals surface area contributed by atoms with E-state index in [-0.39, 0.29) is 5.41 Å². The van der Waals surface area contributed by atoms with Crippen molar-refractivity contribution in [1.29, 1.82) is 0 Å². The van der Waals surface area contributed by atoms with Gasteiger partial charge in [-0.15, -0.1) is 12.3 Å². The highest BCUT2D eigenvalue weighted by molar-refractivity contribution is 5.08. The van der Waals surface area contributed by atoms with Crippen molar-refractivity contribution < 1.29 is 0 Å². The lowest BCUT2D eigenvalue weighted by Crippen LogP contribution is -2.05. The molecule has 0 aromatic carbocycles. The van der Waals surface area contributed by atoms with Crippen molar-refractivity contribution in [2.75, 3.05) is 0 Å². The predicted molar refractivity (Wildman–Crippen MR) is 69.7 cm³/mol. The molecule has 0 heteroatoms. The van der Waals surface area contributed by atoms with Crippen LogP contribution in [-0.4, -0.2) is 0 Å². The van der Waals surface area contributed by atoms with E-state index in [1.807, 2.05) is 0 Å². The molecule has 0 aliphatic rings. The van der Waals surface area contributed by atoms with Crippen LogP contribution >= 0.6 is 0 Å². The Balaban J connectivity index is 4.02. The molecule has 0 saturated carbocycles. The molecule has 0 aromatic rings. The minimum absolute atomic E-state index is 0.00221. The lowest BCUT2D eigenvalue weighted by Gasteiger charge is -2.14. The molecule has 0 saturated heterocycles. The first kappa shape index (κ1) is 14.0. The van der Waals surface area contributed by atoms with Gasteiger partial charge in [-0.25, -0.2) is 0 Å². The van der Waals surface area contributed by atoms with Gasteiger partial charge in [0.1, 0.15) is 0 Å². The van der Waals surface area contributed by atoms with Gasteiger partial charge in [0.05, 0.1) is 0 Å². The van der Waals surface area contributed by atoms with Gasteiger partial charge in [-0.1, -0.05) is 23.3 Å². The number of hydrogen-bond donors (Lipinski definition) is 0. The van der Waals surface area contributed by atoms with Crippen LogP contribution in [0.15, 0.2) is 23.3 Å². The van der Waals surface area contributed by atoms with E-state index in [0.29, 0.717) is 0 Å². The van der Waals surface area contributed by atoms with Gasteiger partial charge >= 0.3 is 0 Å². The lowest BCUT2D eigenvalue weighted by molar-refractivity contribution is 0.511. The minimum Gasteiger partial charge on any atom is -0.120 e. The molecular weight excluding hydrogens is 180 g/mol. The summed E-state index contributed by atoms with van der Waals surface area (Å²) in [6.45, 7) is 10.7. The zero-order valence-corrected chi connectivity index (χ0v) is 10.9. The van der Waals surface area contributed by atoms with Crippen LogP contribution in [0, 0.1) is 17.8 Å². The Labute approximate surface area is 95.5 Å². The third kappa shape index (κ3) is 8.06. The Bertz CT molecular complexity index is 278. The fourth-order valence-electron chi connectivity index (χ4n) is 1.18. The predicted octanol–water partition coefficient (Wildman–Crippen LogP) is 4.73. The van der Waals surface area contributed by atoms with Gasteiger partial charge in [-0.2, -0.15) is 0 Å². The van der Waals surface area contributed by atoms with Crippen molar-refractivity contribution >= 4 is 0 Å². The zero-order chi connectivity index (χ0) is 11.9. The van der Waals surface area contributed by atoms with Crippen molar-refractivity contribution in [2.24, 2.45) is 5.41 Å². The monoisotopic (exact) mass is 204 g/mol. The molecule has 0 aliphatic heterocycles. The molecule has 0 spiro atoms. The van der Waals surface area contributed by atoms with E-state index in [1.165, 1.54) is 11.1 Å². The van der Waals surface area contributed by atoms with Gasteiger partial charge in [-0.3, -0.25) is 0 Å². The summed E-state index contributed by atoms with van der Waals surface area (Å²) in [7, 11) is 0. The normalized spacial score (nSPS) is 12.1. The third-order valence-electron chi connectivity index (χ3n) is 2.44. The molecular formula is C15H24. The molecule has 0 aliphatic carbocycles. The minimum atomic E-state index is -0.00221. The highest BCUT2D eigenvalue weighted by Crippen LogP contribution is 2.21. The average molecular weight is 204 g/mol. The maximum atomic E-state index is 5.44. The van der Waals surface area contributed by atoms with Crippen LogP contribution in [0.3, 0.4) is 0 Å². The molecule has 15 heavy (non-hydrogen) atoms. The molecule has 0 fully saturated rings. The number of terminal acetylenes is 1. The van der Waals surface area contributed by atoms with Gasteiger partial charge in [-0.05, 0) is 53.9 Å². The fraction of sp³-hybridized carbons (Fsp3) is 0.600. The largest absolute Gasteiger partial charge is 0.120 e. The second kappa shape index (κ2) is 6.51. The van der Waals surface area contributed by atoms with Crippen molar-refractivity contribution in [3.8, 4) is 12.3 Å². The summed E-state index contributed by atoms with van der Waals surface area (Å²) in [6, 6.07) is 0. The smallest absolute Gasteiger partial charge is 0.0290 e. The maximum absolute atomic E-state index is 5.44. The maximum Gasteiger partial charge on any atom is 0.0290 e. The Kier molecular flexibility index (Phi) is 6.09.